The van der Waals surface area contributed by atoms with E-state index in [1.807, 2.05) is 6.20 Å². The molecule has 2 aliphatic rings. The van der Waals surface area contributed by atoms with E-state index in [9.17, 15) is 0 Å². The Morgan fingerprint density at radius 3 is 1.47 bits per heavy atom. The van der Waals surface area contributed by atoms with Crippen molar-refractivity contribution in [1.29, 1.82) is 0 Å². The molecule has 0 radical (unpaired) electrons. The van der Waals surface area contributed by atoms with Gasteiger partial charge in [-0.05, 0) is 52.3 Å². The molecule has 90 heavy (non-hydrogen) atoms. The monoisotopic (exact) mass is 1350 g/mol. The molecule has 0 aliphatic carbocycles. The van der Waals surface area contributed by atoms with E-state index in [1.54, 1.807) is 0 Å². The number of hydrogen-bond acceptors (Lipinski definition) is 4. The van der Waals surface area contributed by atoms with Crippen LogP contribution in [0.3, 0.4) is 0 Å². The van der Waals surface area contributed by atoms with E-state index in [2.05, 4.69) is 364 Å². The molecule has 10 aromatic carbocycles. The van der Waals surface area contributed by atoms with Crippen LogP contribution in [0.4, 0.5) is 34.3 Å². The van der Waals surface area contributed by atoms with Crippen molar-refractivity contribution in [2.24, 2.45) is 0 Å². The number of aromatic nitrogens is 3. The molecule has 7 heteroatoms. The van der Waals surface area contributed by atoms with Crippen molar-refractivity contribution in [3.63, 3.8) is 0 Å². The van der Waals surface area contributed by atoms with Crippen LogP contribution >= 0.6 is 0 Å². The molecule has 1 spiro atoms. The summed E-state index contributed by atoms with van der Waals surface area (Å²) in [7, 11) is 0. The van der Waals surface area contributed by atoms with Crippen molar-refractivity contribution < 1.29 is 24.1 Å². The van der Waals surface area contributed by atoms with Gasteiger partial charge in [0.15, 0.2) is 0 Å². The predicted molar refractivity (Wildman–Crippen MR) is 371 cm³/mol. The van der Waals surface area contributed by atoms with Gasteiger partial charge in [0.05, 0.1) is 11.4 Å². The molecule has 2 aliphatic heterocycles. The molecule has 0 N–H and O–H groups in total. The molecule has 6 nitrogen and oxygen atoms in total. The van der Waals surface area contributed by atoms with Crippen LogP contribution in [0.1, 0.15) is 128 Å². The van der Waals surface area contributed by atoms with E-state index in [-0.39, 0.29) is 16.2 Å². The number of hydrogen-bond donors (Lipinski definition) is 0. The summed E-state index contributed by atoms with van der Waals surface area (Å²) in [5, 5.41) is 0. The molecule has 4 heterocycles. The Balaban J connectivity index is 1.05. The van der Waals surface area contributed by atoms with Gasteiger partial charge >= 0.3 is 357 Å². The molecular formula is C83H77N5OPt. The van der Waals surface area contributed by atoms with Crippen LogP contribution in [-0.4, -0.2) is 14.1 Å². The van der Waals surface area contributed by atoms with Crippen molar-refractivity contribution >= 4 is 45.3 Å². The Bertz CT molecular complexity index is 4710. The number of imidazole rings is 1. The number of para-hydroxylation sites is 6. The van der Waals surface area contributed by atoms with Gasteiger partial charge in [0.25, 0.3) is 0 Å². The zero-order chi connectivity index (χ0) is 62.6. The van der Waals surface area contributed by atoms with Gasteiger partial charge in [-0.2, -0.15) is 0 Å². The second kappa shape index (κ2) is 21.8. The maximum absolute atomic E-state index is 7.82. The summed E-state index contributed by atoms with van der Waals surface area (Å²) < 4.78 is 13.7. The van der Waals surface area contributed by atoms with Crippen molar-refractivity contribution in [2.75, 3.05) is 9.80 Å². The molecule has 0 atom stereocenters. The van der Waals surface area contributed by atoms with E-state index in [1.165, 1.54) is 33.4 Å². The molecule has 12 aromatic rings. The standard InChI is InChI=1S/C83H77N5O.Pt/c1-79(2,3)57-43-44-72-67(49-57)83(65-37-22-24-39-70(65)87(60-33-20-15-21-34-60)71-40-25-23-38-66(71)83)68-52-69(82(10,11)12)76(53-75(68)88(72)77-50-58(45-46-84-77)80(4,5)6)89-62-48-59(81(7,8)9)47-61(51-62)85-54-86(74-42-27-26-41-73(74)85)78-63(55-29-16-13-17-30-55)35-28-36-64(78)56-31-18-14-19-32-56;/h13-53H,1-12H3;. The van der Waals surface area contributed by atoms with Crippen molar-refractivity contribution in [1.82, 2.24) is 14.1 Å². The first kappa shape index (κ1) is 58.6. The van der Waals surface area contributed by atoms with Crippen LogP contribution < -0.4 is 14.5 Å². The van der Waals surface area contributed by atoms with Crippen molar-refractivity contribution in [3.05, 3.63) is 297 Å². The Morgan fingerprint density at radius 1 is 0.378 bits per heavy atom. The second-order valence-electron chi connectivity index (χ2n) is 28.4. The third kappa shape index (κ3) is 9.81. The van der Waals surface area contributed by atoms with Crippen LogP contribution in [0.2, 0.25) is 0 Å². The van der Waals surface area contributed by atoms with Crippen molar-refractivity contribution in [2.45, 2.75) is 110 Å². The minimum atomic E-state index is -0.818. The van der Waals surface area contributed by atoms with Crippen LogP contribution in [0, 0.1) is 3.80 Å². The van der Waals surface area contributed by atoms with Gasteiger partial charge in [0, 0.05) is 11.9 Å². The molecule has 0 unspecified atom stereocenters. The van der Waals surface area contributed by atoms with Crippen LogP contribution in [0.25, 0.3) is 44.7 Å². The van der Waals surface area contributed by atoms with E-state index >= 15 is 0 Å². The maximum atomic E-state index is 7.82. The van der Waals surface area contributed by atoms with Crippen LogP contribution in [-0.2, 0) is 46.4 Å². The second-order valence-corrected chi connectivity index (χ2v) is 29.5. The van der Waals surface area contributed by atoms with Gasteiger partial charge in [0.2, 0.25) is 0 Å². The Hall–Kier alpha value is -9.09. The SMILES string of the molecule is CC(C)(C)c1cc(Oc2cc3c(cc2C(C)(C)C)C2(c4ccccc4N(c4ccccc4)c4ccccc42)c2cc(C(C)(C)C)ccc2N3c2cc(C(C)(C)C)ccn2)cc(-n2[c](=[Pt])n(-c3c(-c4ccccc4)cccc3-c3ccccc3)c3ccccc32)c1. The van der Waals surface area contributed by atoms with Gasteiger partial charge in [-0.15, -0.1) is 0 Å². The van der Waals surface area contributed by atoms with Gasteiger partial charge in [-0.25, -0.2) is 0 Å². The zero-order valence-electron chi connectivity index (χ0n) is 53.6. The number of benzene rings is 10. The summed E-state index contributed by atoms with van der Waals surface area (Å²) in [6.45, 7) is 27.7. The summed E-state index contributed by atoms with van der Waals surface area (Å²) in [5.74, 6) is 2.39. The fourth-order valence-electron chi connectivity index (χ4n) is 13.8. The first-order chi connectivity index (χ1) is 43.1. The molecule has 0 saturated heterocycles. The van der Waals surface area contributed by atoms with E-state index < -0.39 is 10.8 Å². The van der Waals surface area contributed by atoms with Gasteiger partial charge in [-0.3, -0.25) is 0 Å². The third-order valence-electron chi connectivity index (χ3n) is 18.4. The average molecular weight is 1360 g/mol. The quantitative estimate of drug-likeness (QED) is 0.152. The first-order valence-electron chi connectivity index (χ1n) is 31.5. The summed E-state index contributed by atoms with van der Waals surface area (Å²) in [5.41, 5.74) is 22.2. The third-order valence-corrected chi connectivity index (χ3v) is 19.4. The molecule has 0 bridgehead atoms. The van der Waals surface area contributed by atoms with Gasteiger partial charge in [-0.1, -0.05) is 108 Å². The van der Waals surface area contributed by atoms with Crippen molar-refractivity contribution in [3.8, 4) is 45.1 Å². The summed E-state index contributed by atoms with van der Waals surface area (Å²) in [6, 6.07) is 89.7. The number of rotatable bonds is 8. The molecule has 2 aromatic heterocycles. The molecule has 0 saturated carbocycles. The van der Waals surface area contributed by atoms with E-state index in [0.29, 0.717) is 0 Å². The number of anilines is 6. The molecule has 0 amide bonds. The Kier molecular flexibility index (Phi) is 14.2. The molecule has 450 valence electrons. The number of nitrogens with zero attached hydrogens (tertiary/aromatic N) is 5. The molecular weight excluding hydrogens is 1280 g/mol. The predicted octanol–water partition coefficient (Wildman–Crippen LogP) is 22.2. The topological polar surface area (TPSA) is 38.5 Å². The molecule has 0 fully saturated rings. The number of ether oxygens (including phenoxy) is 1. The van der Waals surface area contributed by atoms with Gasteiger partial charge < -0.3 is 4.90 Å². The summed E-state index contributed by atoms with van der Waals surface area (Å²) >= 11 is 2.57. The first-order valence-corrected chi connectivity index (χ1v) is 32.6. The van der Waals surface area contributed by atoms with Gasteiger partial charge in [0.1, 0.15) is 0 Å². The zero-order valence-corrected chi connectivity index (χ0v) is 55.9. The minimum absolute atomic E-state index is 0.142. The fraction of sp³-hybridized carbons (Fsp3) is 0.205. The summed E-state index contributed by atoms with van der Waals surface area (Å²) in [4.78, 5) is 10.3. The van der Waals surface area contributed by atoms with E-state index in [4.69, 9.17) is 9.72 Å². The summed E-state index contributed by atoms with van der Waals surface area (Å²) in [6.07, 6.45) is 1.99. The van der Waals surface area contributed by atoms with Crippen LogP contribution in [0.15, 0.2) is 249 Å². The van der Waals surface area contributed by atoms with Crippen LogP contribution in [0.5, 0.6) is 11.5 Å². The average Bonchev–Trinajstić information content (AvgIpc) is 0.787. The Morgan fingerprint density at radius 2 is 0.889 bits per heavy atom. The fourth-order valence-corrected chi connectivity index (χ4v) is 14.9. The van der Waals surface area contributed by atoms with E-state index in [0.717, 1.165) is 105 Å². The number of pyridine rings is 1. The Labute approximate surface area is 542 Å². The number of fused-ring (bicyclic) bond motifs is 9. The normalized spacial score (nSPS) is 13.7. The molecule has 14 rings (SSSR count).